The Morgan fingerprint density at radius 2 is 1.70 bits per heavy atom. The van der Waals surface area contributed by atoms with Crippen LogP contribution in [0.15, 0.2) is 60.9 Å². The molecule has 1 aromatic heterocycles. The van der Waals surface area contributed by atoms with Crippen molar-refractivity contribution in [3.8, 4) is 11.8 Å². The molecule has 0 unspecified atom stereocenters. The largest absolute Gasteiger partial charge is 0.303 e. The maximum Gasteiger partial charge on any atom is 0.162 e. The first-order valence-corrected chi connectivity index (χ1v) is 11.0. The minimum absolute atomic E-state index is 0.228. The Labute approximate surface area is 179 Å². The van der Waals surface area contributed by atoms with E-state index < -0.39 is 0 Å². The second kappa shape index (κ2) is 10.2. The van der Waals surface area contributed by atoms with Crippen molar-refractivity contribution in [3.63, 3.8) is 0 Å². The molecule has 1 aliphatic rings. The zero-order valence-corrected chi connectivity index (χ0v) is 17.4. The quantitative estimate of drug-likeness (QED) is 0.314. The van der Waals surface area contributed by atoms with Crippen LogP contribution in [-0.4, -0.2) is 35.3 Å². The van der Waals surface area contributed by atoms with Crippen LogP contribution in [0.4, 0.5) is 0 Å². The number of aromatic nitrogens is 1. The lowest BCUT2D eigenvalue weighted by molar-refractivity contribution is 0.0977. The van der Waals surface area contributed by atoms with Gasteiger partial charge in [0, 0.05) is 40.7 Å². The van der Waals surface area contributed by atoms with Crippen LogP contribution in [0.1, 0.15) is 60.0 Å². The first kappa shape index (κ1) is 20.3. The van der Waals surface area contributed by atoms with E-state index in [4.69, 9.17) is 0 Å². The van der Waals surface area contributed by atoms with Crippen LogP contribution >= 0.6 is 0 Å². The predicted octanol–water partition coefficient (Wildman–Crippen LogP) is 5.47. The smallest absolute Gasteiger partial charge is 0.162 e. The van der Waals surface area contributed by atoms with E-state index in [0.29, 0.717) is 6.42 Å². The molecule has 0 radical (unpaired) electrons. The first-order chi connectivity index (χ1) is 14.8. The summed E-state index contributed by atoms with van der Waals surface area (Å²) in [6.45, 7) is 3.58. The third-order valence-corrected chi connectivity index (χ3v) is 5.79. The Morgan fingerprint density at radius 3 is 2.53 bits per heavy atom. The third kappa shape index (κ3) is 5.34. The lowest BCUT2D eigenvalue weighted by Gasteiger charge is -2.26. The summed E-state index contributed by atoms with van der Waals surface area (Å²) in [5.74, 6) is 6.65. The van der Waals surface area contributed by atoms with Crippen LogP contribution in [0.2, 0.25) is 0 Å². The number of rotatable bonds is 6. The summed E-state index contributed by atoms with van der Waals surface area (Å²) in [5, 5.41) is 2.20. The molecule has 0 atom stereocenters. The summed E-state index contributed by atoms with van der Waals surface area (Å²) in [7, 11) is 0. The molecule has 4 rings (SSSR count). The molecule has 0 N–H and O–H groups in total. The van der Waals surface area contributed by atoms with E-state index in [2.05, 4.69) is 27.8 Å². The summed E-state index contributed by atoms with van der Waals surface area (Å²) in [6, 6.07) is 15.8. The van der Waals surface area contributed by atoms with Gasteiger partial charge in [0.1, 0.15) is 0 Å². The summed E-state index contributed by atoms with van der Waals surface area (Å²) >= 11 is 0. The van der Waals surface area contributed by atoms with Crippen molar-refractivity contribution in [2.75, 3.05) is 19.6 Å². The van der Waals surface area contributed by atoms with E-state index >= 15 is 0 Å². The minimum Gasteiger partial charge on any atom is -0.303 e. The molecule has 0 saturated carbocycles. The molecule has 0 spiro atoms. The summed E-state index contributed by atoms with van der Waals surface area (Å²) < 4.78 is 0. The molecule has 3 heteroatoms. The van der Waals surface area contributed by atoms with Gasteiger partial charge in [-0.2, -0.15) is 0 Å². The van der Waals surface area contributed by atoms with Crippen molar-refractivity contribution in [1.29, 1.82) is 0 Å². The van der Waals surface area contributed by atoms with E-state index in [0.717, 1.165) is 46.8 Å². The molecular formula is C27H28N2O. The molecule has 0 aliphatic carbocycles. The molecule has 2 aromatic carbocycles. The van der Waals surface area contributed by atoms with Gasteiger partial charge in [-0.05, 0) is 57.5 Å². The van der Waals surface area contributed by atoms with Gasteiger partial charge < -0.3 is 4.90 Å². The highest BCUT2D eigenvalue weighted by Gasteiger charge is 2.10. The maximum atomic E-state index is 12.5. The van der Waals surface area contributed by atoms with Gasteiger partial charge in [0.05, 0.1) is 5.56 Å². The van der Waals surface area contributed by atoms with Crippen LogP contribution < -0.4 is 0 Å². The van der Waals surface area contributed by atoms with E-state index in [9.17, 15) is 4.79 Å². The summed E-state index contributed by atoms with van der Waals surface area (Å²) in [4.78, 5) is 19.3. The van der Waals surface area contributed by atoms with Crippen molar-refractivity contribution >= 4 is 16.6 Å². The number of hydrogen-bond donors (Lipinski definition) is 0. The van der Waals surface area contributed by atoms with Crippen LogP contribution in [0.5, 0.6) is 0 Å². The van der Waals surface area contributed by atoms with E-state index in [-0.39, 0.29) is 5.78 Å². The number of carbonyl (C=O) groups is 1. The topological polar surface area (TPSA) is 33.2 Å². The number of nitrogens with zero attached hydrogens (tertiary/aromatic N) is 2. The Balaban J connectivity index is 1.31. The SMILES string of the molecule is O=C(CCCCN1CCCCC1)c1ccc(C#Cc2cncc3ccccc23)cc1. The highest BCUT2D eigenvalue weighted by Crippen LogP contribution is 2.16. The fraction of sp³-hybridized carbons (Fsp3) is 0.333. The third-order valence-electron chi connectivity index (χ3n) is 5.79. The number of pyridine rings is 1. The highest BCUT2D eigenvalue weighted by atomic mass is 16.1. The van der Waals surface area contributed by atoms with Gasteiger partial charge in [-0.3, -0.25) is 9.78 Å². The second-order valence-corrected chi connectivity index (χ2v) is 8.02. The number of hydrogen-bond acceptors (Lipinski definition) is 3. The molecule has 1 fully saturated rings. The summed E-state index contributed by atoms with van der Waals surface area (Å²) in [5.41, 5.74) is 2.61. The molecular weight excluding hydrogens is 368 g/mol. The maximum absolute atomic E-state index is 12.5. The number of fused-ring (bicyclic) bond motifs is 1. The molecule has 152 valence electrons. The number of piperidine rings is 1. The predicted molar refractivity (Wildman–Crippen MR) is 123 cm³/mol. The number of carbonyl (C=O) groups excluding carboxylic acids is 1. The molecule has 1 saturated heterocycles. The average Bonchev–Trinajstić information content (AvgIpc) is 2.81. The van der Waals surface area contributed by atoms with Crippen molar-refractivity contribution < 1.29 is 4.79 Å². The number of unbranched alkanes of at least 4 members (excludes halogenated alkanes) is 1. The van der Waals surface area contributed by atoms with Gasteiger partial charge in [0.25, 0.3) is 0 Å². The fourth-order valence-corrected chi connectivity index (χ4v) is 4.04. The molecule has 0 amide bonds. The molecule has 3 aromatic rings. The lowest BCUT2D eigenvalue weighted by Crippen LogP contribution is -2.30. The van der Waals surface area contributed by atoms with E-state index in [1.165, 1.54) is 32.4 Å². The standard InChI is InChI=1S/C27H28N2O/c30-27(10-4-7-19-29-17-5-1-6-18-29)23-14-11-22(12-15-23)13-16-25-21-28-20-24-8-2-3-9-26(24)25/h2-3,8-9,11-12,14-15,20-21H,1,4-7,10,17-19H2. The van der Waals surface area contributed by atoms with Crippen LogP contribution in [0, 0.1) is 11.8 Å². The normalized spacial score (nSPS) is 14.3. The number of Topliss-reactive ketones (excluding diaryl/α,β-unsaturated/α-hetero) is 1. The Hall–Kier alpha value is -2.96. The number of likely N-dealkylation sites (tertiary alicyclic amines) is 1. The number of benzene rings is 2. The lowest BCUT2D eigenvalue weighted by atomic mass is 10.0. The zero-order chi connectivity index (χ0) is 20.6. The van der Waals surface area contributed by atoms with Crippen molar-refractivity contribution in [3.05, 3.63) is 77.6 Å². The van der Waals surface area contributed by atoms with Crippen molar-refractivity contribution in [1.82, 2.24) is 9.88 Å². The molecule has 3 nitrogen and oxygen atoms in total. The van der Waals surface area contributed by atoms with Crippen LogP contribution in [0.3, 0.4) is 0 Å². The van der Waals surface area contributed by atoms with Gasteiger partial charge in [0.15, 0.2) is 5.78 Å². The molecule has 30 heavy (non-hydrogen) atoms. The average molecular weight is 397 g/mol. The minimum atomic E-state index is 0.228. The Kier molecular flexibility index (Phi) is 6.90. The van der Waals surface area contributed by atoms with Crippen molar-refractivity contribution in [2.45, 2.75) is 38.5 Å². The highest BCUT2D eigenvalue weighted by molar-refractivity contribution is 5.96. The summed E-state index contributed by atoms with van der Waals surface area (Å²) in [6.07, 6.45) is 10.4. The molecule has 2 heterocycles. The van der Waals surface area contributed by atoms with Gasteiger partial charge >= 0.3 is 0 Å². The monoisotopic (exact) mass is 396 g/mol. The first-order valence-electron chi connectivity index (χ1n) is 11.0. The van der Waals surface area contributed by atoms with E-state index in [1.807, 2.05) is 48.7 Å². The van der Waals surface area contributed by atoms with Crippen molar-refractivity contribution in [2.24, 2.45) is 0 Å². The zero-order valence-electron chi connectivity index (χ0n) is 17.4. The van der Waals surface area contributed by atoms with Gasteiger partial charge in [-0.25, -0.2) is 0 Å². The Bertz CT molecular complexity index is 1050. The van der Waals surface area contributed by atoms with Gasteiger partial charge in [-0.15, -0.1) is 0 Å². The fourth-order valence-electron chi connectivity index (χ4n) is 4.04. The van der Waals surface area contributed by atoms with Crippen LogP contribution in [-0.2, 0) is 0 Å². The van der Waals surface area contributed by atoms with Gasteiger partial charge in [-0.1, -0.05) is 54.7 Å². The number of ketones is 1. The molecule has 1 aliphatic heterocycles. The molecule has 0 bridgehead atoms. The van der Waals surface area contributed by atoms with Crippen LogP contribution in [0.25, 0.3) is 10.8 Å². The second-order valence-electron chi connectivity index (χ2n) is 8.02. The van der Waals surface area contributed by atoms with Gasteiger partial charge in [0.2, 0.25) is 0 Å². The van der Waals surface area contributed by atoms with E-state index in [1.54, 1.807) is 6.20 Å². The Morgan fingerprint density at radius 1 is 0.900 bits per heavy atom.